The zero-order chi connectivity index (χ0) is 22.0. The summed E-state index contributed by atoms with van der Waals surface area (Å²) in [7, 11) is 0. The highest BCUT2D eigenvalue weighted by atomic mass is 35.5. The zero-order valence-electron chi connectivity index (χ0n) is 17.4. The van der Waals surface area contributed by atoms with Gasteiger partial charge in [-0.1, -0.05) is 50.1 Å². The van der Waals surface area contributed by atoms with Crippen molar-refractivity contribution < 1.29 is 24.4 Å². The van der Waals surface area contributed by atoms with Crippen LogP contribution in [-0.4, -0.2) is 54.7 Å². The quantitative estimate of drug-likeness (QED) is 0.306. The molecule has 0 heterocycles. The Morgan fingerprint density at radius 2 is 1.63 bits per heavy atom. The third-order valence-electron chi connectivity index (χ3n) is 4.68. The number of ether oxygens (including phenoxy) is 3. The second-order valence-corrected chi connectivity index (χ2v) is 7.76. The summed E-state index contributed by atoms with van der Waals surface area (Å²) in [6.45, 7) is 4.74. The van der Waals surface area contributed by atoms with Crippen LogP contribution in [0.1, 0.15) is 25.0 Å². The van der Waals surface area contributed by atoms with Gasteiger partial charge in [0.2, 0.25) is 0 Å². The molecule has 0 fully saturated rings. The molecule has 2 aromatic carbocycles. The lowest BCUT2D eigenvalue weighted by atomic mass is 9.77. The highest BCUT2D eigenvalue weighted by Crippen LogP contribution is 2.37. The van der Waals surface area contributed by atoms with Gasteiger partial charge in [-0.05, 0) is 23.8 Å². The minimum atomic E-state index is -0.769. The molecule has 0 aliphatic rings. The molecule has 0 aliphatic carbocycles. The van der Waals surface area contributed by atoms with Crippen molar-refractivity contribution in [3.05, 3.63) is 59.7 Å². The van der Waals surface area contributed by atoms with E-state index >= 15 is 0 Å². The smallest absolute Gasteiger partial charge is 0.123 e. The fraction of sp³-hybridized carbons (Fsp3) is 0.417. The summed E-state index contributed by atoms with van der Waals surface area (Å²) < 4.78 is 16.6. The second-order valence-electron chi connectivity index (χ2n) is 7.45. The first-order chi connectivity index (χ1) is 14.4. The molecule has 5 nitrogen and oxygen atoms in total. The molecule has 0 spiro atoms. The summed E-state index contributed by atoms with van der Waals surface area (Å²) in [5.74, 6) is 3.86. The van der Waals surface area contributed by atoms with E-state index in [2.05, 4.69) is 19.8 Å². The predicted octanol–water partition coefficient (Wildman–Crippen LogP) is 3.38. The lowest BCUT2D eigenvalue weighted by Crippen LogP contribution is -2.25. The predicted molar refractivity (Wildman–Crippen MR) is 118 cm³/mol. The lowest BCUT2D eigenvalue weighted by molar-refractivity contribution is 0.0225. The maximum atomic E-state index is 10.0. The largest absolute Gasteiger partial charge is 0.491 e. The Morgan fingerprint density at radius 3 is 2.30 bits per heavy atom. The number of hydrogen-bond acceptors (Lipinski definition) is 5. The maximum Gasteiger partial charge on any atom is 0.123 e. The Balaban J connectivity index is 2.09. The molecular weight excluding hydrogens is 404 g/mol. The summed E-state index contributed by atoms with van der Waals surface area (Å²) in [4.78, 5) is 0. The van der Waals surface area contributed by atoms with Gasteiger partial charge in [0, 0.05) is 11.0 Å². The number of benzene rings is 2. The molecule has 2 aromatic rings. The van der Waals surface area contributed by atoms with E-state index in [-0.39, 0.29) is 37.7 Å². The third-order valence-corrected chi connectivity index (χ3v) is 5.04. The van der Waals surface area contributed by atoms with Crippen LogP contribution < -0.4 is 9.47 Å². The maximum absolute atomic E-state index is 10.0. The summed E-state index contributed by atoms with van der Waals surface area (Å²) in [5, 5.41) is 19.6. The van der Waals surface area contributed by atoms with Gasteiger partial charge in [-0.2, -0.15) is 0 Å². The first-order valence-corrected chi connectivity index (χ1v) is 10.3. The highest BCUT2D eigenvalue weighted by Gasteiger charge is 2.27. The summed E-state index contributed by atoms with van der Waals surface area (Å²) in [6.07, 6.45) is 3.67. The highest BCUT2D eigenvalue weighted by molar-refractivity contribution is 6.18. The molecule has 2 N–H and O–H groups in total. The fourth-order valence-corrected chi connectivity index (χ4v) is 3.05. The summed E-state index contributed by atoms with van der Waals surface area (Å²) in [5.41, 5.74) is 1.71. The van der Waals surface area contributed by atoms with Crippen LogP contribution in [0.2, 0.25) is 0 Å². The second kappa shape index (κ2) is 11.8. The van der Waals surface area contributed by atoms with Crippen molar-refractivity contribution in [2.45, 2.75) is 31.5 Å². The van der Waals surface area contributed by atoms with Crippen molar-refractivity contribution in [1.82, 2.24) is 0 Å². The summed E-state index contributed by atoms with van der Waals surface area (Å²) in [6, 6.07) is 15.5. The molecule has 0 amide bonds. The molecule has 0 saturated carbocycles. The van der Waals surface area contributed by atoms with Crippen LogP contribution in [0, 0.1) is 12.3 Å². The van der Waals surface area contributed by atoms with Gasteiger partial charge in [0.1, 0.15) is 43.5 Å². The number of para-hydroxylation sites is 1. The van der Waals surface area contributed by atoms with Gasteiger partial charge in [-0.15, -0.1) is 18.0 Å². The first kappa shape index (κ1) is 24.0. The first-order valence-electron chi connectivity index (χ1n) is 9.77. The number of alkyl halides is 1. The molecule has 0 aromatic heterocycles. The van der Waals surface area contributed by atoms with Crippen LogP contribution in [-0.2, 0) is 10.2 Å². The zero-order valence-corrected chi connectivity index (χ0v) is 18.1. The van der Waals surface area contributed by atoms with Crippen LogP contribution in [0.25, 0.3) is 0 Å². The Hall–Kier alpha value is -2.23. The molecule has 30 heavy (non-hydrogen) atoms. The van der Waals surface area contributed by atoms with Crippen LogP contribution in [0.4, 0.5) is 0 Å². The van der Waals surface area contributed by atoms with Crippen LogP contribution >= 0.6 is 11.6 Å². The Labute approximate surface area is 183 Å². The van der Waals surface area contributed by atoms with Gasteiger partial charge >= 0.3 is 0 Å². The van der Waals surface area contributed by atoms with Gasteiger partial charge in [-0.3, -0.25) is 0 Å². The van der Waals surface area contributed by atoms with E-state index in [1.807, 2.05) is 48.5 Å². The standard InChI is InChI=1S/C24H29ClO5/c1-4-13-28-15-20(27)17-30-23-8-6-5-7-22(23)24(2,3)18-9-11-21(12-10-18)29-16-19(26)14-25/h1,5-12,19-20,26-27H,13-17H2,2-3H3/t19-,20-/m1/s1. The SMILES string of the molecule is C#CCOC[C@@H](O)COc1ccccc1C(C)(C)c1ccc(OC[C@H](O)CCl)cc1. The van der Waals surface area contributed by atoms with E-state index in [0.717, 1.165) is 11.1 Å². The fourth-order valence-electron chi connectivity index (χ4n) is 2.96. The minimum absolute atomic E-state index is 0.105. The van der Waals surface area contributed by atoms with E-state index < -0.39 is 12.2 Å². The van der Waals surface area contributed by atoms with E-state index in [0.29, 0.717) is 11.5 Å². The lowest BCUT2D eigenvalue weighted by Gasteiger charge is -2.28. The molecular formula is C24H29ClO5. The molecule has 0 saturated heterocycles. The van der Waals surface area contributed by atoms with Gasteiger partial charge in [0.15, 0.2) is 0 Å². The van der Waals surface area contributed by atoms with Crippen molar-refractivity contribution in [3.63, 3.8) is 0 Å². The van der Waals surface area contributed by atoms with Crippen molar-refractivity contribution >= 4 is 11.6 Å². The van der Waals surface area contributed by atoms with Gasteiger partial charge in [0.25, 0.3) is 0 Å². The third kappa shape index (κ3) is 6.93. The minimum Gasteiger partial charge on any atom is -0.491 e. The average molecular weight is 433 g/mol. The van der Waals surface area contributed by atoms with Crippen LogP contribution in [0.15, 0.2) is 48.5 Å². The van der Waals surface area contributed by atoms with Gasteiger partial charge in [-0.25, -0.2) is 0 Å². The van der Waals surface area contributed by atoms with Crippen molar-refractivity contribution in [2.75, 3.05) is 32.3 Å². The number of hydrogen-bond donors (Lipinski definition) is 2. The van der Waals surface area contributed by atoms with Crippen molar-refractivity contribution in [3.8, 4) is 23.8 Å². The Morgan fingerprint density at radius 1 is 0.967 bits per heavy atom. The number of halogens is 1. The molecule has 0 unspecified atom stereocenters. The monoisotopic (exact) mass is 432 g/mol. The molecule has 0 radical (unpaired) electrons. The number of aliphatic hydroxyl groups is 2. The van der Waals surface area contributed by atoms with E-state index in [9.17, 15) is 10.2 Å². The topological polar surface area (TPSA) is 68.2 Å². The Kier molecular flexibility index (Phi) is 9.48. The van der Waals surface area contributed by atoms with E-state index in [4.69, 9.17) is 32.2 Å². The van der Waals surface area contributed by atoms with E-state index in [1.54, 1.807) is 0 Å². The molecule has 162 valence electrons. The molecule has 0 aliphatic heterocycles. The van der Waals surface area contributed by atoms with Crippen molar-refractivity contribution in [2.24, 2.45) is 0 Å². The number of aliphatic hydroxyl groups excluding tert-OH is 2. The number of terminal acetylenes is 1. The molecule has 2 atom stereocenters. The normalized spacial score (nSPS) is 13.3. The van der Waals surface area contributed by atoms with E-state index in [1.165, 1.54) is 0 Å². The van der Waals surface area contributed by atoms with Crippen LogP contribution in [0.3, 0.4) is 0 Å². The summed E-state index contributed by atoms with van der Waals surface area (Å²) >= 11 is 5.59. The Bertz CT molecular complexity index is 813. The molecule has 6 heteroatoms. The average Bonchev–Trinajstić information content (AvgIpc) is 2.76. The van der Waals surface area contributed by atoms with Crippen LogP contribution in [0.5, 0.6) is 11.5 Å². The van der Waals surface area contributed by atoms with Crippen molar-refractivity contribution in [1.29, 1.82) is 0 Å². The number of rotatable bonds is 12. The van der Waals surface area contributed by atoms with Gasteiger partial charge < -0.3 is 24.4 Å². The molecule has 2 rings (SSSR count). The van der Waals surface area contributed by atoms with Gasteiger partial charge in [0.05, 0.1) is 12.5 Å². The molecule has 0 bridgehead atoms.